The fourth-order valence-electron chi connectivity index (χ4n) is 3.07. The van der Waals surface area contributed by atoms with Crippen molar-refractivity contribution in [3.05, 3.63) is 0 Å². The minimum Gasteiger partial charge on any atom is -0.345 e. The normalized spacial score (nSPS) is 49.5. The van der Waals surface area contributed by atoms with Crippen LogP contribution in [0, 0.1) is 5.92 Å². The number of hydrogen-bond acceptors (Lipinski definition) is 5. The second-order valence-corrected chi connectivity index (χ2v) is 6.34. The molecular weight excluding hydrogens is 236 g/mol. The molecule has 3 saturated heterocycles. The van der Waals surface area contributed by atoms with Crippen LogP contribution in [-0.4, -0.2) is 42.8 Å². The van der Waals surface area contributed by atoms with Crippen LogP contribution in [-0.2, 0) is 23.7 Å². The molecule has 0 aliphatic carbocycles. The molecular formula is C13H22O5. The lowest BCUT2D eigenvalue weighted by Gasteiger charge is -2.42. The monoisotopic (exact) mass is 258 g/mol. The van der Waals surface area contributed by atoms with Crippen molar-refractivity contribution in [3.63, 3.8) is 0 Å². The molecule has 1 spiro atoms. The van der Waals surface area contributed by atoms with Crippen molar-refractivity contribution < 1.29 is 23.7 Å². The SMILES string of the molecule is C[C@H]1[C@@H]2OC(C)(C)O[C@@H]2CO[C@]12COC(C)(C)O2. The van der Waals surface area contributed by atoms with Crippen LogP contribution < -0.4 is 0 Å². The summed E-state index contributed by atoms with van der Waals surface area (Å²) in [7, 11) is 0. The van der Waals surface area contributed by atoms with Gasteiger partial charge in [0.25, 0.3) is 0 Å². The number of hydrogen-bond donors (Lipinski definition) is 0. The Bertz CT molecular complexity index is 351. The first-order chi connectivity index (χ1) is 8.23. The largest absolute Gasteiger partial charge is 0.345 e. The highest BCUT2D eigenvalue weighted by Crippen LogP contribution is 2.46. The zero-order valence-electron chi connectivity index (χ0n) is 11.7. The van der Waals surface area contributed by atoms with Crippen LogP contribution in [0.4, 0.5) is 0 Å². The van der Waals surface area contributed by atoms with Crippen LogP contribution in [0.5, 0.6) is 0 Å². The molecule has 3 aliphatic rings. The molecule has 0 bridgehead atoms. The van der Waals surface area contributed by atoms with Gasteiger partial charge in [0.1, 0.15) is 12.7 Å². The molecule has 0 amide bonds. The topological polar surface area (TPSA) is 46.2 Å². The summed E-state index contributed by atoms with van der Waals surface area (Å²) in [5.41, 5.74) is 0. The highest BCUT2D eigenvalue weighted by atomic mass is 16.8. The van der Waals surface area contributed by atoms with E-state index in [4.69, 9.17) is 23.7 Å². The van der Waals surface area contributed by atoms with Gasteiger partial charge < -0.3 is 23.7 Å². The van der Waals surface area contributed by atoms with Gasteiger partial charge in [-0.25, -0.2) is 0 Å². The molecule has 3 fully saturated rings. The van der Waals surface area contributed by atoms with Gasteiger partial charge in [0.15, 0.2) is 17.4 Å². The summed E-state index contributed by atoms with van der Waals surface area (Å²) in [5.74, 6) is -1.78. The molecule has 0 aromatic heterocycles. The number of fused-ring (bicyclic) bond motifs is 1. The van der Waals surface area contributed by atoms with Crippen LogP contribution in [0.1, 0.15) is 34.6 Å². The van der Waals surface area contributed by atoms with Crippen LogP contribution >= 0.6 is 0 Å². The van der Waals surface area contributed by atoms with Crippen molar-refractivity contribution in [1.82, 2.24) is 0 Å². The van der Waals surface area contributed by atoms with Crippen LogP contribution in [0.25, 0.3) is 0 Å². The zero-order chi connectivity index (χ0) is 13.2. The first kappa shape index (κ1) is 12.8. The molecule has 3 aliphatic heterocycles. The van der Waals surface area contributed by atoms with E-state index in [1.807, 2.05) is 27.7 Å². The zero-order valence-corrected chi connectivity index (χ0v) is 11.7. The first-order valence-corrected chi connectivity index (χ1v) is 6.57. The van der Waals surface area contributed by atoms with E-state index in [0.29, 0.717) is 13.2 Å². The van der Waals surface area contributed by atoms with E-state index in [2.05, 4.69) is 6.92 Å². The van der Waals surface area contributed by atoms with Crippen molar-refractivity contribution >= 4 is 0 Å². The minimum absolute atomic E-state index is 0.00810. The molecule has 104 valence electrons. The van der Waals surface area contributed by atoms with E-state index in [1.165, 1.54) is 0 Å². The molecule has 0 unspecified atom stereocenters. The van der Waals surface area contributed by atoms with Crippen molar-refractivity contribution in [3.8, 4) is 0 Å². The average Bonchev–Trinajstić information content (AvgIpc) is 2.71. The Labute approximate surface area is 108 Å². The van der Waals surface area contributed by atoms with Gasteiger partial charge in [0, 0.05) is 5.92 Å². The van der Waals surface area contributed by atoms with Gasteiger partial charge in [-0.1, -0.05) is 6.92 Å². The maximum atomic E-state index is 5.99. The van der Waals surface area contributed by atoms with E-state index >= 15 is 0 Å². The van der Waals surface area contributed by atoms with Gasteiger partial charge in [0.2, 0.25) is 0 Å². The second-order valence-electron chi connectivity index (χ2n) is 6.34. The number of ether oxygens (including phenoxy) is 5. The van der Waals surface area contributed by atoms with Crippen LogP contribution in [0.3, 0.4) is 0 Å². The summed E-state index contributed by atoms with van der Waals surface area (Å²) in [6, 6.07) is 0. The van der Waals surface area contributed by atoms with Gasteiger partial charge in [-0.05, 0) is 27.7 Å². The number of rotatable bonds is 0. The summed E-state index contributed by atoms with van der Waals surface area (Å²) in [6.07, 6.45) is -0.0285. The Morgan fingerprint density at radius 2 is 1.67 bits per heavy atom. The Morgan fingerprint density at radius 3 is 2.28 bits per heavy atom. The Morgan fingerprint density at radius 1 is 0.944 bits per heavy atom. The molecule has 3 rings (SSSR count). The van der Waals surface area contributed by atoms with Crippen LogP contribution in [0.2, 0.25) is 0 Å². The molecule has 5 nitrogen and oxygen atoms in total. The highest BCUT2D eigenvalue weighted by molar-refractivity contribution is 4.98. The molecule has 4 atom stereocenters. The van der Waals surface area contributed by atoms with E-state index in [-0.39, 0.29) is 18.1 Å². The first-order valence-electron chi connectivity index (χ1n) is 6.57. The predicted octanol–water partition coefficient (Wildman–Crippen LogP) is 1.65. The molecule has 0 aromatic carbocycles. The molecule has 0 radical (unpaired) electrons. The maximum Gasteiger partial charge on any atom is 0.200 e. The van der Waals surface area contributed by atoms with E-state index in [0.717, 1.165) is 0 Å². The Hall–Kier alpha value is -0.200. The quantitative estimate of drug-likeness (QED) is 0.661. The third-order valence-corrected chi connectivity index (χ3v) is 3.94. The smallest absolute Gasteiger partial charge is 0.200 e. The summed E-state index contributed by atoms with van der Waals surface area (Å²) in [6.45, 7) is 10.7. The standard InChI is InChI=1S/C13H22O5/c1-8-10-9(16-12(4,5)17-10)6-14-13(8)7-15-11(2,3)18-13/h8-10H,6-7H2,1-5H3/t8-,9+,10-,13-/m0/s1. The molecule has 0 saturated carbocycles. The third-order valence-electron chi connectivity index (χ3n) is 3.94. The van der Waals surface area contributed by atoms with Gasteiger partial charge in [-0.3, -0.25) is 0 Å². The van der Waals surface area contributed by atoms with E-state index in [9.17, 15) is 0 Å². The summed E-state index contributed by atoms with van der Waals surface area (Å²) in [4.78, 5) is 0. The van der Waals surface area contributed by atoms with Gasteiger partial charge >= 0.3 is 0 Å². The second kappa shape index (κ2) is 3.67. The fourth-order valence-corrected chi connectivity index (χ4v) is 3.07. The average molecular weight is 258 g/mol. The lowest BCUT2D eigenvalue weighted by atomic mass is 9.89. The summed E-state index contributed by atoms with van der Waals surface area (Å²) < 4.78 is 29.4. The Balaban J connectivity index is 1.82. The van der Waals surface area contributed by atoms with Gasteiger partial charge in [-0.15, -0.1) is 0 Å². The molecule has 18 heavy (non-hydrogen) atoms. The fraction of sp³-hybridized carbons (Fsp3) is 1.00. The van der Waals surface area contributed by atoms with E-state index < -0.39 is 17.4 Å². The highest BCUT2D eigenvalue weighted by Gasteiger charge is 2.60. The third kappa shape index (κ3) is 1.89. The lowest BCUT2D eigenvalue weighted by Crippen LogP contribution is -2.57. The Kier molecular flexibility index (Phi) is 2.61. The van der Waals surface area contributed by atoms with Crippen molar-refractivity contribution in [2.24, 2.45) is 5.92 Å². The molecule has 0 aromatic rings. The van der Waals surface area contributed by atoms with E-state index in [1.54, 1.807) is 0 Å². The molecule has 0 N–H and O–H groups in total. The summed E-state index contributed by atoms with van der Waals surface area (Å²) >= 11 is 0. The van der Waals surface area contributed by atoms with Crippen LogP contribution in [0.15, 0.2) is 0 Å². The minimum atomic E-state index is -0.700. The van der Waals surface area contributed by atoms with Crippen molar-refractivity contribution in [1.29, 1.82) is 0 Å². The summed E-state index contributed by atoms with van der Waals surface area (Å²) in [5, 5.41) is 0. The van der Waals surface area contributed by atoms with Gasteiger partial charge in [-0.2, -0.15) is 0 Å². The van der Waals surface area contributed by atoms with Gasteiger partial charge in [0.05, 0.1) is 12.7 Å². The van der Waals surface area contributed by atoms with Crippen molar-refractivity contribution in [2.75, 3.05) is 13.2 Å². The van der Waals surface area contributed by atoms with Crippen molar-refractivity contribution in [2.45, 2.75) is 64.2 Å². The lowest BCUT2D eigenvalue weighted by molar-refractivity contribution is -0.309. The molecule has 5 heteroatoms. The predicted molar refractivity (Wildman–Crippen MR) is 62.8 cm³/mol. The maximum absolute atomic E-state index is 5.99. The molecule has 3 heterocycles.